The Bertz CT molecular complexity index is 812. The van der Waals surface area contributed by atoms with Crippen LogP contribution >= 0.6 is 11.3 Å². The van der Waals surface area contributed by atoms with Crippen molar-refractivity contribution < 1.29 is 9.59 Å². The molecular weight excluding hydrogens is 348 g/mol. The van der Waals surface area contributed by atoms with Gasteiger partial charge in [0.1, 0.15) is 11.1 Å². The van der Waals surface area contributed by atoms with E-state index in [0.717, 1.165) is 25.1 Å². The molecule has 0 aliphatic carbocycles. The van der Waals surface area contributed by atoms with Crippen LogP contribution in [0.3, 0.4) is 0 Å². The Kier molecular flexibility index (Phi) is 6.00. The number of benzene rings is 1. The Morgan fingerprint density at radius 3 is 2.81 bits per heavy atom. The lowest BCUT2D eigenvalue weighted by atomic mass is 9.97. The highest BCUT2D eigenvalue weighted by Crippen LogP contribution is 2.23. The summed E-state index contributed by atoms with van der Waals surface area (Å²) < 4.78 is 0. The van der Waals surface area contributed by atoms with Crippen LogP contribution in [0.2, 0.25) is 0 Å². The number of rotatable bonds is 5. The fourth-order valence-corrected chi connectivity index (χ4v) is 3.80. The fraction of sp³-hybridized carbons (Fsp3) is 0.316. The molecule has 2 aromatic rings. The molecule has 0 spiro atoms. The molecule has 1 unspecified atom stereocenters. The first-order valence-corrected chi connectivity index (χ1v) is 9.39. The number of piperidine rings is 1. The average Bonchev–Trinajstić information content (AvgIpc) is 3.09. The normalized spacial score (nSPS) is 17.3. The van der Waals surface area contributed by atoms with Gasteiger partial charge in [-0.1, -0.05) is 18.2 Å². The van der Waals surface area contributed by atoms with Gasteiger partial charge in [-0.15, -0.1) is 11.3 Å². The van der Waals surface area contributed by atoms with Gasteiger partial charge in [0.15, 0.2) is 0 Å². The molecule has 1 atom stereocenters. The van der Waals surface area contributed by atoms with Crippen molar-refractivity contribution in [2.75, 3.05) is 30.3 Å². The minimum atomic E-state index is -0.159. The van der Waals surface area contributed by atoms with E-state index in [4.69, 9.17) is 5.26 Å². The first-order chi connectivity index (χ1) is 12.7. The topological polar surface area (TPSA) is 85.2 Å². The minimum Gasteiger partial charge on any atom is -0.326 e. The SMILES string of the molecule is N#Cc1ccsc1NC(=O)CN1CCCC(C(=O)Nc2ccccc2)C1. The molecule has 1 saturated heterocycles. The summed E-state index contributed by atoms with van der Waals surface area (Å²) in [5.41, 5.74) is 1.26. The van der Waals surface area contributed by atoms with Gasteiger partial charge in [-0.05, 0) is 43.0 Å². The van der Waals surface area contributed by atoms with Crippen molar-refractivity contribution in [3.8, 4) is 6.07 Å². The monoisotopic (exact) mass is 368 g/mol. The number of anilines is 2. The number of carbonyl (C=O) groups is 2. The van der Waals surface area contributed by atoms with E-state index in [9.17, 15) is 9.59 Å². The van der Waals surface area contributed by atoms with Crippen LogP contribution in [0.4, 0.5) is 10.7 Å². The molecule has 1 aliphatic heterocycles. The summed E-state index contributed by atoms with van der Waals surface area (Å²) in [6.45, 7) is 1.57. The quantitative estimate of drug-likeness (QED) is 0.850. The molecular formula is C19H20N4O2S. The number of nitriles is 1. The number of hydrogen-bond donors (Lipinski definition) is 2. The lowest BCUT2D eigenvalue weighted by Crippen LogP contribution is -2.43. The van der Waals surface area contributed by atoms with Crippen LogP contribution in [0, 0.1) is 17.2 Å². The smallest absolute Gasteiger partial charge is 0.239 e. The fourth-order valence-electron chi connectivity index (χ4n) is 3.04. The van der Waals surface area contributed by atoms with Crippen molar-refractivity contribution in [3.05, 3.63) is 47.3 Å². The molecule has 6 nitrogen and oxygen atoms in total. The van der Waals surface area contributed by atoms with E-state index in [0.29, 0.717) is 17.1 Å². The van der Waals surface area contributed by atoms with E-state index in [1.54, 1.807) is 11.4 Å². The third-order valence-electron chi connectivity index (χ3n) is 4.32. The van der Waals surface area contributed by atoms with E-state index in [2.05, 4.69) is 16.7 Å². The van der Waals surface area contributed by atoms with Gasteiger partial charge < -0.3 is 10.6 Å². The average molecular weight is 368 g/mol. The van der Waals surface area contributed by atoms with E-state index in [-0.39, 0.29) is 24.3 Å². The summed E-state index contributed by atoms with van der Waals surface area (Å²) >= 11 is 1.33. The van der Waals surface area contributed by atoms with Crippen LogP contribution in [0.25, 0.3) is 0 Å². The zero-order valence-electron chi connectivity index (χ0n) is 14.3. The van der Waals surface area contributed by atoms with E-state index < -0.39 is 0 Å². The molecule has 2 N–H and O–H groups in total. The van der Waals surface area contributed by atoms with Gasteiger partial charge in [-0.2, -0.15) is 5.26 Å². The van der Waals surface area contributed by atoms with Gasteiger partial charge in [-0.25, -0.2) is 0 Å². The van der Waals surface area contributed by atoms with Crippen molar-refractivity contribution in [3.63, 3.8) is 0 Å². The van der Waals surface area contributed by atoms with E-state index in [1.165, 1.54) is 11.3 Å². The van der Waals surface area contributed by atoms with Crippen molar-refractivity contribution in [2.45, 2.75) is 12.8 Å². The number of carbonyl (C=O) groups excluding carboxylic acids is 2. The number of amides is 2. The number of nitrogens with one attached hydrogen (secondary N) is 2. The van der Waals surface area contributed by atoms with Crippen LogP contribution in [0.5, 0.6) is 0 Å². The van der Waals surface area contributed by atoms with E-state index in [1.807, 2.05) is 35.2 Å². The van der Waals surface area contributed by atoms with Gasteiger partial charge in [0, 0.05) is 12.2 Å². The Morgan fingerprint density at radius 2 is 2.04 bits per heavy atom. The zero-order valence-corrected chi connectivity index (χ0v) is 15.1. The number of likely N-dealkylation sites (tertiary alicyclic amines) is 1. The summed E-state index contributed by atoms with van der Waals surface area (Å²) in [6, 6.07) is 13.1. The van der Waals surface area contributed by atoms with Gasteiger partial charge >= 0.3 is 0 Å². The Hall–Kier alpha value is -2.69. The van der Waals surface area contributed by atoms with Crippen molar-refractivity contribution in [2.24, 2.45) is 5.92 Å². The molecule has 2 heterocycles. The predicted octanol–water partition coefficient (Wildman–Crippen LogP) is 2.91. The zero-order chi connectivity index (χ0) is 18.4. The van der Waals surface area contributed by atoms with Gasteiger partial charge in [0.25, 0.3) is 0 Å². The van der Waals surface area contributed by atoms with Gasteiger partial charge in [-0.3, -0.25) is 14.5 Å². The highest BCUT2D eigenvalue weighted by atomic mass is 32.1. The minimum absolute atomic E-state index is 0.00803. The Morgan fingerprint density at radius 1 is 1.23 bits per heavy atom. The lowest BCUT2D eigenvalue weighted by Gasteiger charge is -2.31. The summed E-state index contributed by atoms with van der Waals surface area (Å²) in [4.78, 5) is 26.7. The second-order valence-corrected chi connectivity index (χ2v) is 7.17. The Balaban J connectivity index is 1.52. The number of nitrogens with zero attached hydrogens (tertiary/aromatic N) is 2. The molecule has 0 bridgehead atoms. The van der Waals surface area contributed by atoms with Crippen molar-refractivity contribution >= 4 is 33.8 Å². The second-order valence-electron chi connectivity index (χ2n) is 6.25. The largest absolute Gasteiger partial charge is 0.326 e. The first kappa shape index (κ1) is 18.1. The van der Waals surface area contributed by atoms with Crippen LogP contribution in [0.1, 0.15) is 18.4 Å². The van der Waals surface area contributed by atoms with Crippen LogP contribution in [-0.4, -0.2) is 36.3 Å². The number of thiophene rings is 1. The van der Waals surface area contributed by atoms with Gasteiger partial charge in [0.05, 0.1) is 18.0 Å². The third-order valence-corrected chi connectivity index (χ3v) is 5.15. The predicted molar refractivity (Wildman–Crippen MR) is 102 cm³/mol. The summed E-state index contributed by atoms with van der Waals surface area (Å²) in [5.74, 6) is -0.299. The molecule has 2 amide bonds. The van der Waals surface area contributed by atoms with Crippen molar-refractivity contribution in [1.29, 1.82) is 5.26 Å². The molecule has 26 heavy (non-hydrogen) atoms. The maximum Gasteiger partial charge on any atom is 0.239 e. The Labute approximate surface area is 156 Å². The molecule has 1 aliphatic rings. The summed E-state index contributed by atoms with van der Waals surface area (Å²) in [7, 11) is 0. The summed E-state index contributed by atoms with van der Waals surface area (Å²) in [6.07, 6.45) is 1.70. The number of para-hydroxylation sites is 1. The van der Waals surface area contributed by atoms with Crippen LogP contribution < -0.4 is 10.6 Å². The molecule has 7 heteroatoms. The van der Waals surface area contributed by atoms with Crippen LogP contribution in [0.15, 0.2) is 41.8 Å². The van der Waals surface area contributed by atoms with E-state index >= 15 is 0 Å². The molecule has 0 radical (unpaired) electrons. The lowest BCUT2D eigenvalue weighted by molar-refractivity contribution is -0.123. The highest BCUT2D eigenvalue weighted by Gasteiger charge is 2.27. The summed E-state index contributed by atoms with van der Waals surface area (Å²) in [5, 5.41) is 17.1. The second kappa shape index (κ2) is 8.61. The molecule has 1 aromatic carbocycles. The first-order valence-electron chi connectivity index (χ1n) is 8.51. The molecule has 1 aromatic heterocycles. The molecule has 0 saturated carbocycles. The maximum absolute atomic E-state index is 12.5. The molecule has 3 rings (SSSR count). The highest BCUT2D eigenvalue weighted by molar-refractivity contribution is 7.14. The third kappa shape index (κ3) is 4.69. The van der Waals surface area contributed by atoms with Crippen molar-refractivity contribution in [1.82, 2.24) is 4.90 Å². The van der Waals surface area contributed by atoms with Gasteiger partial charge in [0.2, 0.25) is 11.8 Å². The standard InChI is InChI=1S/C19H20N4O2S/c20-11-14-8-10-26-19(14)22-17(24)13-23-9-4-5-15(12-23)18(25)21-16-6-2-1-3-7-16/h1-3,6-8,10,15H,4-5,9,12-13H2,(H,21,25)(H,22,24). The number of hydrogen-bond acceptors (Lipinski definition) is 5. The maximum atomic E-state index is 12.5. The van der Waals surface area contributed by atoms with Crippen LogP contribution in [-0.2, 0) is 9.59 Å². The molecule has 134 valence electrons. The molecule has 1 fully saturated rings.